The standard InChI is InChI=1S/C11H23Cl2OSi/c1-14-15(10-6-2-4-8-12)11-7-3-5-9-13/h2-11H2,1H3. The van der Waals surface area contributed by atoms with Gasteiger partial charge in [-0.1, -0.05) is 25.7 Å². The van der Waals surface area contributed by atoms with E-state index in [4.69, 9.17) is 27.6 Å². The summed E-state index contributed by atoms with van der Waals surface area (Å²) >= 11 is 11.3. The minimum Gasteiger partial charge on any atom is -0.420 e. The molecule has 0 aliphatic heterocycles. The van der Waals surface area contributed by atoms with Gasteiger partial charge >= 0.3 is 0 Å². The van der Waals surface area contributed by atoms with Crippen molar-refractivity contribution >= 4 is 32.2 Å². The van der Waals surface area contributed by atoms with Gasteiger partial charge in [0.05, 0.1) is 0 Å². The number of alkyl halides is 2. The summed E-state index contributed by atoms with van der Waals surface area (Å²) in [5, 5.41) is 0. The van der Waals surface area contributed by atoms with Crippen LogP contribution in [0.4, 0.5) is 0 Å². The third kappa shape index (κ3) is 11.0. The number of rotatable bonds is 11. The Kier molecular flexibility index (Phi) is 13.5. The van der Waals surface area contributed by atoms with Gasteiger partial charge in [0.25, 0.3) is 0 Å². The molecule has 0 bridgehead atoms. The molecule has 0 aromatic heterocycles. The zero-order chi connectivity index (χ0) is 11.4. The Balaban J connectivity index is 3.29. The molecule has 15 heavy (non-hydrogen) atoms. The average Bonchev–Trinajstić information content (AvgIpc) is 2.27. The highest BCUT2D eigenvalue weighted by atomic mass is 35.5. The first kappa shape index (κ1) is 15.8. The molecule has 0 unspecified atom stereocenters. The maximum atomic E-state index is 5.63. The molecule has 0 saturated heterocycles. The molecule has 1 nitrogen and oxygen atoms in total. The van der Waals surface area contributed by atoms with Crippen molar-refractivity contribution in [1.29, 1.82) is 0 Å². The van der Waals surface area contributed by atoms with E-state index < -0.39 is 9.04 Å². The van der Waals surface area contributed by atoms with Crippen LogP contribution in [0.15, 0.2) is 0 Å². The van der Waals surface area contributed by atoms with Crippen LogP contribution in [0.25, 0.3) is 0 Å². The topological polar surface area (TPSA) is 9.23 Å². The first-order valence-electron chi connectivity index (χ1n) is 5.85. The van der Waals surface area contributed by atoms with Crippen molar-refractivity contribution in [3.8, 4) is 0 Å². The monoisotopic (exact) mass is 269 g/mol. The van der Waals surface area contributed by atoms with Crippen LogP contribution in [0.5, 0.6) is 0 Å². The molecule has 91 valence electrons. The van der Waals surface area contributed by atoms with Crippen LogP contribution in [0, 0.1) is 0 Å². The fourth-order valence-electron chi connectivity index (χ4n) is 1.52. The lowest BCUT2D eigenvalue weighted by Crippen LogP contribution is -2.15. The smallest absolute Gasteiger partial charge is 0.210 e. The predicted molar refractivity (Wildman–Crippen MR) is 71.5 cm³/mol. The summed E-state index contributed by atoms with van der Waals surface area (Å²) < 4.78 is 5.55. The fourth-order valence-corrected chi connectivity index (χ4v) is 3.84. The first-order valence-corrected chi connectivity index (χ1v) is 8.75. The van der Waals surface area contributed by atoms with Gasteiger partial charge in [-0.05, 0) is 24.9 Å². The average molecular weight is 270 g/mol. The molecule has 0 aliphatic rings. The highest BCUT2D eigenvalue weighted by Crippen LogP contribution is 2.12. The van der Waals surface area contributed by atoms with Gasteiger partial charge in [0.2, 0.25) is 9.04 Å². The Morgan fingerprint density at radius 1 is 0.800 bits per heavy atom. The number of hydrogen-bond donors (Lipinski definition) is 0. The maximum absolute atomic E-state index is 5.63. The molecule has 0 fully saturated rings. The lowest BCUT2D eigenvalue weighted by molar-refractivity contribution is 0.413. The van der Waals surface area contributed by atoms with E-state index in [1.807, 2.05) is 7.11 Å². The van der Waals surface area contributed by atoms with Gasteiger partial charge in [-0.15, -0.1) is 23.2 Å². The van der Waals surface area contributed by atoms with E-state index >= 15 is 0 Å². The lowest BCUT2D eigenvalue weighted by atomic mass is 10.3. The lowest BCUT2D eigenvalue weighted by Gasteiger charge is -2.11. The van der Waals surface area contributed by atoms with Gasteiger partial charge < -0.3 is 4.43 Å². The third-order valence-corrected chi connectivity index (χ3v) is 5.40. The summed E-state index contributed by atoms with van der Waals surface area (Å²) in [7, 11) is 1.33. The van der Waals surface area contributed by atoms with Crippen LogP contribution < -0.4 is 0 Å². The van der Waals surface area contributed by atoms with E-state index in [0.717, 1.165) is 24.6 Å². The van der Waals surface area contributed by atoms with Gasteiger partial charge in [0, 0.05) is 18.9 Å². The van der Waals surface area contributed by atoms with E-state index in [0.29, 0.717) is 0 Å². The van der Waals surface area contributed by atoms with E-state index in [9.17, 15) is 0 Å². The summed E-state index contributed by atoms with van der Waals surface area (Å²) in [6.07, 6.45) is 7.36. The molecule has 0 aliphatic carbocycles. The molecular weight excluding hydrogens is 247 g/mol. The molecule has 0 aromatic rings. The zero-order valence-corrected chi connectivity index (χ0v) is 12.2. The van der Waals surface area contributed by atoms with Crippen molar-refractivity contribution in [3.05, 3.63) is 0 Å². The zero-order valence-electron chi connectivity index (χ0n) is 9.74. The van der Waals surface area contributed by atoms with Gasteiger partial charge in [0.15, 0.2) is 0 Å². The fraction of sp³-hybridized carbons (Fsp3) is 1.00. The Bertz CT molecular complexity index is 113. The van der Waals surface area contributed by atoms with Crippen LogP contribution >= 0.6 is 23.2 Å². The Morgan fingerprint density at radius 3 is 1.60 bits per heavy atom. The molecule has 0 N–H and O–H groups in total. The first-order chi connectivity index (χ1) is 7.35. The largest absolute Gasteiger partial charge is 0.420 e. The normalized spacial score (nSPS) is 11.2. The Morgan fingerprint density at radius 2 is 1.27 bits per heavy atom. The van der Waals surface area contributed by atoms with E-state index in [2.05, 4.69) is 0 Å². The van der Waals surface area contributed by atoms with Gasteiger partial charge in [-0.3, -0.25) is 0 Å². The molecule has 0 saturated carbocycles. The van der Waals surface area contributed by atoms with Crippen molar-refractivity contribution in [1.82, 2.24) is 0 Å². The molecule has 0 amide bonds. The second-order valence-electron chi connectivity index (χ2n) is 3.74. The van der Waals surface area contributed by atoms with Crippen molar-refractivity contribution in [2.45, 2.75) is 50.6 Å². The molecule has 0 spiro atoms. The summed E-state index contributed by atoms with van der Waals surface area (Å²) in [6.45, 7) is 0. The molecule has 0 rings (SSSR count). The third-order valence-electron chi connectivity index (χ3n) is 2.47. The van der Waals surface area contributed by atoms with E-state index in [1.165, 1.54) is 37.8 Å². The molecule has 4 heteroatoms. The SMILES string of the molecule is CO[Si](CCCCCCl)CCCCCCl. The summed E-state index contributed by atoms with van der Waals surface area (Å²) in [4.78, 5) is 0. The van der Waals surface area contributed by atoms with Gasteiger partial charge in [-0.2, -0.15) is 0 Å². The van der Waals surface area contributed by atoms with E-state index in [-0.39, 0.29) is 0 Å². The summed E-state index contributed by atoms with van der Waals surface area (Å²) in [6, 6.07) is 2.55. The Labute approximate surface area is 106 Å². The number of hydrogen-bond acceptors (Lipinski definition) is 1. The minimum absolute atomic E-state index is 0.531. The van der Waals surface area contributed by atoms with Crippen LogP contribution in [-0.2, 0) is 4.43 Å². The van der Waals surface area contributed by atoms with Crippen LogP contribution in [0.3, 0.4) is 0 Å². The Hall–Kier alpha value is 0.757. The van der Waals surface area contributed by atoms with Gasteiger partial charge in [0.1, 0.15) is 0 Å². The molecule has 0 atom stereocenters. The van der Waals surface area contributed by atoms with Crippen LogP contribution in [0.1, 0.15) is 38.5 Å². The maximum Gasteiger partial charge on any atom is 0.210 e. The van der Waals surface area contributed by atoms with Crippen molar-refractivity contribution in [3.63, 3.8) is 0 Å². The van der Waals surface area contributed by atoms with Crippen LogP contribution in [-0.4, -0.2) is 27.9 Å². The van der Waals surface area contributed by atoms with Crippen molar-refractivity contribution in [2.75, 3.05) is 18.9 Å². The highest BCUT2D eigenvalue weighted by molar-refractivity contribution is 6.51. The second kappa shape index (κ2) is 12.8. The van der Waals surface area contributed by atoms with Crippen LogP contribution in [0.2, 0.25) is 12.1 Å². The van der Waals surface area contributed by atoms with Crippen molar-refractivity contribution in [2.24, 2.45) is 0 Å². The minimum atomic E-state index is -0.531. The molecule has 0 heterocycles. The quantitative estimate of drug-likeness (QED) is 0.306. The van der Waals surface area contributed by atoms with Crippen molar-refractivity contribution < 1.29 is 4.43 Å². The molecule has 0 aromatic carbocycles. The van der Waals surface area contributed by atoms with Gasteiger partial charge in [-0.25, -0.2) is 0 Å². The highest BCUT2D eigenvalue weighted by Gasteiger charge is 2.10. The number of halogens is 2. The number of unbranched alkanes of at least 4 members (excludes halogenated alkanes) is 4. The van der Waals surface area contributed by atoms with E-state index in [1.54, 1.807) is 0 Å². The predicted octanol–water partition coefficient (Wildman–Crippen LogP) is 4.44. The molecular formula is C11H23Cl2OSi. The second-order valence-corrected chi connectivity index (χ2v) is 6.98. The summed E-state index contributed by atoms with van der Waals surface area (Å²) in [5.74, 6) is 1.59. The molecule has 1 radical (unpaired) electrons. The summed E-state index contributed by atoms with van der Waals surface area (Å²) in [5.41, 5.74) is 0.